The number of aliphatic carboxylic acids is 1. The maximum atomic E-state index is 12.0. The molecule has 1 heterocycles. The number of carbonyl (C=O) groups is 2. The van der Waals surface area contributed by atoms with Crippen LogP contribution >= 0.6 is 11.3 Å². The molecule has 0 radical (unpaired) electrons. The van der Waals surface area contributed by atoms with Gasteiger partial charge < -0.3 is 10.0 Å². The Balaban J connectivity index is 2.66. The molecule has 94 valence electrons. The largest absolute Gasteiger partial charge is 0.481 e. The summed E-state index contributed by atoms with van der Waals surface area (Å²) in [6, 6.07) is 3.74. The lowest BCUT2D eigenvalue weighted by Gasteiger charge is -2.18. The summed E-state index contributed by atoms with van der Waals surface area (Å²) in [7, 11) is 1.63. The average molecular weight is 255 g/mol. The highest BCUT2D eigenvalue weighted by molar-refractivity contribution is 7.14. The summed E-state index contributed by atoms with van der Waals surface area (Å²) in [4.78, 5) is 26.0. The molecular weight excluding hydrogens is 238 g/mol. The summed E-state index contributed by atoms with van der Waals surface area (Å²) in [6.07, 6.45) is 0.910. The van der Waals surface area contributed by atoms with E-state index in [1.54, 1.807) is 20.0 Å². The lowest BCUT2D eigenvalue weighted by atomic mass is 10.2. The van der Waals surface area contributed by atoms with E-state index < -0.39 is 11.9 Å². The summed E-state index contributed by atoms with van der Waals surface area (Å²) in [5.74, 6) is -1.54. The number of aryl methyl sites for hydroxylation is 1. The molecule has 1 unspecified atom stereocenters. The fraction of sp³-hybridized carbons (Fsp3) is 0.500. The van der Waals surface area contributed by atoms with Crippen LogP contribution in [0.25, 0.3) is 0 Å². The molecule has 0 aliphatic heterocycles. The summed E-state index contributed by atoms with van der Waals surface area (Å²) in [5, 5.41) is 8.79. The first kappa shape index (κ1) is 13.7. The molecule has 0 saturated carbocycles. The topological polar surface area (TPSA) is 57.6 Å². The molecule has 1 aromatic heterocycles. The molecule has 0 saturated heterocycles. The van der Waals surface area contributed by atoms with Crippen molar-refractivity contribution in [3.8, 4) is 0 Å². The molecule has 0 fully saturated rings. The summed E-state index contributed by atoms with van der Waals surface area (Å²) < 4.78 is 0. The van der Waals surface area contributed by atoms with E-state index in [0.717, 1.165) is 11.3 Å². The highest BCUT2D eigenvalue weighted by Crippen LogP contribution is 2.18. The van der Waals surface area contributed by atoms with Gasteiger partial charge in [0.2, 0.25) is 0 Å². The highest BCUT2D eigenvalue weighted by Gasteiger charge is 2.19. The minimum Gasteiger partial charge on any atom is -0.481 e. The average Bonchev–Trinajstić information content (AvgIpc) is 2.76. The SMILES string of the molecule is CCc1ccc(C(=O)N(C)CC(C)C(=O)O)s1. The van der Waals surface area contributed by atoms with Gasteiger partial charge in [-0.05, 0) is 18.6 Å². The van der Waals surface area contributed by atoms with Gasteiger partial charge in [-0.3, -0.25) is 9.59 Å². The Morgan fingerprint density at radius 3 is 2.59 bits per heavy atom. The minimum atomic E-state index is -0.884. The van der Waals surface area contributed by atoms with Gasteiger partial charge in [-0.2, -0.15) is 0 Å². The fourth-order valence-electron chi connectivity index (χ4n) is 1.44. The number of carboxylic acids is 1. The molecule has 1 N–H and O–H groups in total. The van der Waals surface area contributed by atoms with Gasteiger partial charge in [0.25, 0.3) is 5.91 Å². The van der Waals surface area contributed by atoms with Gasteiger partial charge >= 0.3 is 5.97 Å². The fourth-order valence-corrected chi connectivity index (χ4v) is 2.38. The van der Waals surface area contributed by atoms with Crippen LogP contribution < -0.4 is 0 Å². The van der Waals surface area contributed by atoms with Gasteiger partial charge in [0, 0.05) is 18.5 Å². The van der Waals surface area contributed by atoms with Crippen molar-refractivity contribution in [1.29, 1.82) is 0 Å². The van der Waals surface area contributed by atoms with Gasteiger partial charge in [-0.25, -0.2) is 0 Å². The molecule has 5 heteroatoms. The standard InChI is InChI=1S/C12H17NO3S/c1-4-9-5-6-10(17-9)11(14)13(3)7-8(2)12(15)16/h5-6,8H,4,7H2,1-3H3,(H,15,16). The molecule has 0 aliphatic rings. The first-order chi connectivity index (χ1) is 7.95. The maximum Gasteiger partial charge on any atom is 0.308 e. The van der Waals surface area contributed by atoms with Gasteiger partial charge in [-0.1, -0.05) is 13.8 Å². The first-order valence-corrected chi connectivity index (χ1v) is 6.34. The number of thiophene rings is 1. The molecule has 1 rings (SSSR count). The van der Waals surface area contributed by atoms with Crippen molar-refractivity contribution in [3.63, 3.8) is 0 Å². The zero-order valence-corrected chi connectivity index (χ0v) is 11.1. The van der Waals surface area contributed by atoms with Crippen LogP contribution in [0.5, 0.6) is 0 Å². The van der Waals surface area contributed by atoms with Gasteiger partial charge in [0.05, 0.1) is 10.8 Å². The molecule has 1 amide bonds. The van der Waals surface area contributed by atoms with E-state index in [4.69, 9.17) is 5.11 Å². The highest BCUT2D eigenvalue weighted by atomic mass is 32.1. The molecule has 0 aromatic carbocycles. The minimum absolute atomic E-state index is 0.109. The van der Waals surface area contributed by atoms with E-state index in [1.807, 2.05) is 13.0 Å². The summed E-state index contributed by atoms with van der Waals surface area (Å²) >= 11 is 1.47. The number of hydrogen-bond acceptors (Lipinski definition) is 3. The molecule has 17 heavy (non-hydrogen) atoms. The number of carbonyl (C=O) groups excluding carboxylic acids is 1. The van der Waals surface area contributed by atoms with Crippen molar-refractivity contribution < 1.29 is 14.7 Å². The zero-order chi connectivity index (χ0) is 13.0. The molecular formula is C12H17NO3S. The van der Waals surface area contributed by atoms with E-state index >= 15 is 0 Å². The van der Waals surface area contributed by atoms with Crippen molar-refractivity contribution in [2.24, 2.45) is 5.92 Å². The van der Waals surface area contributed by atoms with Crippen LogP contribution in [-0.4, -0.2) is 35.5 Å². The number of hydrogen-bond donors (Lipinski definition) is 1. The zero-order valence-electron chi connectivity index (χ0n) is 10.3. The van der Waals surface area contributed by atoms with E-state index in [1.165, 1.54) is 16.2 Å². The predicted molar refractivity (Wildman–Crippen MR) is 67.5 cm³/mol. The summed E-state index contributed by atoms with van der Waals surface area (Å²) in [5.41, 5.74) is 0. The smallest absolute Gasteiger partial charge is 0.308 e. The van der Waals surface area contributed by atoms with Crippen LogP contribution in [0.4, 0.5) is 0 Å². The van der Waals surface area contributed by atoms with Crippen LogP contribution in [0.15, 0.2) is 12.1 Å². The number of carboxylic acid groups (broad SMARTS) is 1. The van der Waals surface area contributed by atoms with E-state index in [-0.39, 0.29) is 12.5 Å². The summed E-state index contributed by atoms with van der Waals surface area (Å²) in [6.45, 7) is 3.86. The van der Waals surface area contributed by atoms with Crippen LogP contribution in [0.3, 0.4) is 0 Å². The second-order valence-electron chi connectivity index (χ2n) is 4.04. The number of nitrogens with zero attached hydrogens (tertiary/aromatic N) is 1. The monoisotopic (exact) mass is 255 g/mol. The Hall–Kier alpha value is -1.36. The van der Waals surface area contributed by atoms with Gasteiger partial charge in [0.1, 0.15) is 0 Å². The number of rotatable bonds is 5. The van der Waals surface area contributed by atoms with Gasteiger partial charge in [-0.15, -0.1) is 11.3 Å². The third-order valence-corrected chi connectivity index (χ3v) is 3.75. The van der Waals surface area contributed by atoms with Crippen molar-refractivity contribution >= 4 is 23.2 Å². The molecule has 0 bridgehead atoms. The van der Waals surface area contributed by atoms with E-state index in [9.17, 15) is 9.59 Å². The third-order valence-electron chi connectivity index (χ3n) is 2.54. The van der Waals surface area contributed by atoms with E-state index in [0.29, 0.717) is 4.88 Å². The van der Waals surface area contributed by atoms with Crippen LogP contribution in [0.2, 0.25) is 0 Å². The van der Waals surface area contributed by atoms with Crippen molar-refractivity contribution in [2.75, 3.05) is 13.6 Å². The van der Waals surface area contributed by atoms with Crippen molar-refractivity contribution in [2.45, 2.75) is 20.3 Å². The second kappa shape index (κ2) is 5.82. The third kappa shape index (κ3) is 3.56. The van der Waals surface area contributed by atoms with Crippen LogP contribution in [-0.2, 0) is 11.2 Å². The lowest BCUT2D eigenvalue weighted by molar-refractivity contribution is -0.141. The molecule has 0 aliphatic carbocycles. The predicted octanol–water partition coefficient (Wildman–Crippen LogP) is 2.10. The molecule has 4 nitrogen and oxygen atoms in total. The Labute approximate surface area is 105 Å². The first-order valence-electron chi connectivity index (χ1n) is 5.52. The van der Waals surface area contributed by atoms with E-state index in [2.05, 4.69) is 0 Å². The molecule has 1 atom stereocenters. The van der Waals surface area contributed by atoms with Crippen molar-refractivity contribution in [1.82, 2.24) is 4.90 Å². The van der Waals surface area contributed by atoms with Crippen LogP contribution in [0, 0.1) is 5.92 Å². The molecule has 1 aromatic rings. The Bertz CT molecular complexity index is 414. The normalized spacial score (nSPS) is 12.2. The lowest BCUT2D eigenvalue weighted by Crippen LogP contribution is -2.33. The van der Waals surface area contributed by atoms with Crippen LogP contribution in [0.1, 0.15) is 28.4 Å². The Morgan fingerprint density at radius 1 is 1.47 bits per heavy atom. The second-order valence-corrected chi connectivity index (χ2v) is 5.21. The number of amides is 1. The van der Waals surface area contributed by atoms with Gasteiger partial charge in [0.15, 0.2) is 0 Å². The Kier molecular flexibility index (Phi) is 4.69. The maximum absolute atomic E-state index is 12.0. The quantitative estimate of drug-likeness (QED) is 0.876. The Morgan fingerprint density at radius 2 is 2.12 bits per heavy atom. The molecule has 0 spiro atoms. The van der Waals surface area contributed by atoms with Crippen molar-refractivity contribution in [3.05, 3.63) is 21.9 Å².